The molecule has 0 bridgehead atoms. The molecule has 0 radical (unpaired) electrons. The van der Waals surface area contributed by atoms with E-state index in [0.717, 1.165) is 12.2 Å². The minimum atomic E-state index is -0.108. The van der Waals surface area contributed by atoms with Crippen molar-refractivity contribution in [1.82, 2.24) is 5.32 Å². The number of amides is 1. The Morgan fingerprint density at radius 2 is 2.00 bits per heavy atom. The van der Waals surface area contributed by atoms with E-state index in [0.29, 0.717) is 11.3 Å². The molecule has 0 aromatic heterocycles. The van der Waals surface area contributed by atoms with Gasteiger partial charge in [0.05, 0.1) is 11.4 Å². The number of carbonyl (C=O) groups is 1. The third-order valence-corrected chi connectivity index (χ3v) is 2.35. The van der Waals surface area contributed by atoms with Gasteiger partial charge < -0.3 is 16.4 Å². The number of rotatable bonds is 3. The maximum atomic E-state index is 11.5. The van der Waals surface area contributed by atoms with E-state index in [-0.39, 0.29) is 11.3 Å². The number of benzene rings is 1. The predicted molar refractivity (Wildman–Crippen MR) is 72.2 cm³/mol. The largest absolute Gasteiger partial charge is 0.397 e. The van der Waals surface area contributed by atoms with Crippen LogP contribution in [-0.2, 0) is 0 Å². The highest BCUT2D eigenvalue weighted by molar-refractivity contribution is 5.96. The summed E-state index contributed by atoms with van der Waals surface area (Å²) in [5.41, 5.74) is 8.10. The van der Waals surface area contributed by atoms with E-state index in [1.165, 1.54) is 0 Å². The average Bonchev–Trinajstić information content (AvgIpc) is 2.26. The Bertz CT molecular complexity index is 408. The molecular weight excluding hydrogens is 214 g/mol. The SMILES string of the molecule is CNC(=O)c1ccc(N)c(NCC(C)(C)C)c1. The van der Waals surface area contributed by atoms with Crippen LogP contribution < -0.4 is 16.4 Å². The van der Waals surface area contributed by atoms with Gasteiger partial charge in [-0.25, -0.2) is 0 Å². The Balaban J connectivity index is 2.87. The molecule has 0 fully saturated rings. The normalized spacial score (nSPS) is 11.1. The van der Waals surface area contributed by atoms with Crippen molar-refractivity contribution in [2.75, 3.05) is 24.6 Å². The lowest BCUT2D eigenvalue weighted by molar-refractivity contribution is 0.0963. The van der Waals surface area contributed by atoms with E-state index in [1.54, 1.807) is 25.2 Å². The van der Waals surface area contributed by atoms with E-state index >= 15 is 0 Å². The fraction of sp³-hybridized carbons (Fsp3) is 0.462. The number of nitrogen functional groups attached to an aromatic ring is 1. The van der Waals surface area contributed by atoms with Crippen LogP contribution in [0.2, 0.25) is 0 Å². The Morgan fingerprint density at radius 1 is 1.35 bits per heavy atom. The Hall–Kier alpha value is -1.71. The van der Waals surface area contributed by atoms with E-state index in [4.69, 9.17) is 5.73 Å². The molecule has 4 N–H and O–H groups in total. The van der Waals surface area contributed by atoms with Crippen LogP contribution in [0, 0.1) is 5.41 Å². The first-order valence-corrected chi connectivity index (χ1v) is 5.69. The summed E-state index contributed by atoms with van der Waals surface area (Å²) >= 11 is 0. The van der Waals surface area contributed by atoms with Crippen LogP contribution >= 0.6 is 0 Å². The molecular formula is C13H21N3O. The van der Waals surface area contributed by atoms with Gasteiger partial charge in [0, 0.05) is 19.2 Å². The van der Waals surface area contributed by atoms with Gasteiger partial charge in [-0.2, -0.15) is 0 Å². The van der Waals surface area contributed by atoms with Crippen molar-refractivity contribution in [2.45, 2.75) is 20.8 Å². The Morgan fingerprint density at radius 3 is 2.53 bits per heavy atom. The third-order valence-electron chi connectivity index (χ3n) is 2.35. The lowest BCUT2D eigenvalue weighted by atomic mass is 9.97. The van der Waals surface area contributed by atoms with Crippen molar-refractivity contribution in [3.63, 3.8) is 0 Å². The second kappa shape index (κ2) is 5.08. The maximum Gasteiger partial charge on any atom is 0.251 e. The molecule has 17 heavy (non-hydrogen) atoms. The molecule has 4 heteroatoms. The average molecular weight is 235 g/mol. The van der Waals surface area contributed by atoms with Gasteiger partial charge in [0.15, 0.2) is 0 Å². The highest BCUT2D eigenvalue weighted by Crippen LogP contribution is 2.22. The molecule has 0 saturated heterocycles. The summed E-state index contributed by atoms with van der Waals surface area (Å²) in [5, 5.41) is 5.86. The van der Waals surface area contributed by atoms with Gasteiger partial charge in [0.2, 0.25) is 0 Å². The van der Waals surface area contributed by atoms with Gasteiger partial charge in [-0.1, -0.05) is 20.8 Å². The molecule has 1 rings (SSSR count). The number of hydrogen-bond donors (Lipinski definition) is 3. The van der Waals surface area contributed by atoms with Gasteiger partial charge >= 0.3 is 0 Å². The summed E-state index contributed by atoms with van der Waals surface area (Å²) in [6, 6.07) is 5.24. The molecule has 1 aromatic rings. The summed E-state index contributed by atoms with van der Waals surface area (Å²) < 4.78 is 0. The van der Waals surface area contributed by atoms with E-state index < -0.39 is 0 Å². The van der Waals surface area contributed by atoms with Crippen LogP contribution in [0.1, 0.15) is 31.1 Å². The summed E-state index contributed by atoms with van der Waals surface area (Å²) in [6.45, 7) is 7.21. The highest BCUT2D eigenvalue weighted by Gasteiger charge is 2.12. The molecule has 0 aliphatic heterocycles. The monoisotopic (exact) mass is 235 g/mol. The Labute approximate surface area is 103 Å². The van der Waals surface area contributed by atoms with Crippen molar-refractivity contribution in [3.8, 4) is 0 Å². The van der Waals surface area contributed by atoms with Crippen LogP contribution in [0.15, 0.2) is 18.2 Å². The fourth-order valence-electron chi connectivity index (χ4n) is 1.36. The number of anilines is 2. The number of carbonyl (C=O) groups excluding carboxylic acids is 1. The third kappa shape index (κ3) is 3.98. The zero-order chi connectivity index (χ0) is 13.1. The van der Waals surface area contributed by atoms with Crippen LogP contribution in [0.4, 0.5) is 11.4 Å². The molecule has 94 valence electrons. The number of hydrogen-bond acceptors (Lipinski definition) is 3. The lowest BCUT2D eigenvalue weighted by Gasteiger charge is -2.20. The molecule has 0 aliphatic rings. The molecule has 4 nitrogen and oxygen atoms in total. The van der Waals surface area contributed by atoms with Crippen molar-refractivity contribution >= 4 is 17.3 Å². The fourth-order valence-corrected chi connectivity index (χ4v) is 1.36. The van der Waals surface area contributed by atoms with Crippen LogP contribution in [-0.4, -0.2) is 19.5 Å². The second-order valence-electron chi connectivity index (χ2n) is 5.30. The minimum Gasteiger partial charge on any atom is -0.397 e. The van der Waals surface area contributed by atoms with Crippen molar-refractivity contribution < 1.29 is 4.79 Å². The first-order chi connectivity index (χ1) is 7.83. The van der Waals surface area contributed by atoms with Crippen molar-refractivity contribution in [2.24, 2.45) is 5.41 Å². The number of nitrogens with two attached hydrogens (primary N) is 1. The minimum absolute atomic E-state index is 0.108. The van der Waals surface area contributed by atoms with Crippen LogP contribution in [0.25, 0.3) is 0 Å². The molecule has 0 spiro atoms. The summed E-state index contributed by atoms with van der Waals surface area (Å²) in [4.78, 5) is 11.5. The summed E-state index contributed by atoms with van der Waals surface area (Å²) in [6.07, 6.45) is 0. The van der Waals surface area contributed by atoms with Crippen molar-refractivity contribution in [1.29, 1.82) is 0 Å². The van der Waals surface area contributed by atoms with Crippen LogP contribution in [0.5, 0.6) is 0 Å². The van der Waals surface area contributed by atoms with Crippen LogP contribution in [0.3, 0.4) is 0 Å². The quantitative estimate of drug-likeness (QED) is 0.703. The van der Waals surface area contributed by atoms with E-state index in [9.17, 15) is 4.79 Å². The first kappa shape index (κ1) is 13.4. The lowest BCUT2D eigenvalue weighted by Crippen LogP contribution is -2.21. The van der Waals surface area contributed by atoms with E-state index in [1.807, 2.05) is 0 Å². The smallest absolute Gasteiger partial charge is 0.251 e. The first-order valence-electron chi connectivity index (χ1n) is 5.69. The molecule has 0 aliphatic carbocycles. The van der Waals surface area contributed by atoms with Gasteiger partial charge in [-0.05, 0) is 23.6 Å². The van der Waals surface area contributed by atoms with Gasteiger partial charge in [0.1, 0.15) is 0 Å². The van der Waals surface area contributed by atoms with Crippen molar-refractivity contribution in [3.05, 3.63) is 23.8 Å². The standard InChI is InChI=1S/C13H21N3O/c1-13(2,3)8-16-11-7-9(12(17)15-4)5-6-10(11)14/h5-7,16H,8,14H2,1-4H3,(H,15,17). The molecule has 1 aromatic carbocycles. The second-order valence-corrected chi connectivity index (χ2v) is 5.30. The molecule has 0 saturated carbocycles. The van der Waals surface area contributed by atoms with Gasteiger partial charge in [-0.3, -0.25) is 4.79 Å². The molecule has 0 heterocycles. The number of nitrogens with one attached hydrogen (secondary N) is 2. The Kier molecular flexibility index (Phi) is 3.99. The molecule has 1 amide bonds. The van der Waals surface area contributed by atoms with Gasteiger partial charge in [-0.15, -0.1) is 0 Å². The highest BCUT2D eigenvalue weighted by atomic mass is 16.1. The predicted octanol–water partition coefficient (Wildman–Crippen LogP) is 2.09. The zero-order valence-corrected chi connectivity index (χ0v) is 10.9. The molecule has 0 unspecified atom stereocenters. The zero-order valence-electron chi connectivity index (χ0n) is 10.9. The molecule has 0 atom stereocenters. The van der Waals surface area contributed by atoms with E-state index in [2.05, 4.69) is 31.4 Å². The summed E-state index contributed by atoms with van der Waals surface area (Å²) in [7, 11) is 1.61. The maximum absolute atomic E-state index is 11.5. The van der Waals surface area contributed by atoms with Gasteiger partial charge in [0.25, 0.3) is 5.91 Å². The summed E-state index contributed by atoms with van der Waals surface area (Å²) in [5.74, 6) is -0.108. The topological polar surface area (TPSA) is 67.2 Å².